The minimum absolute atomic E-state index is 0.168. The van der Waals surface area contributed by atoms with Crippen molar-refractivity contribution in [1.82, 2.24) is 0 Å². The molecule has 0 aliphatic heterocycles. The number of hydrogen-bond acceptors (Lipinski definition) is 4. The molecule has 4 aromatic rings. The van der Waals surface area contributed by atoms with Gasteiger partial charge in [0.25, 0.3) is 0 Å². The van der Waals surface area contributed by atoms with E-state index in [1.165, 1.54) is 16.5 Å². The van der Waals surface area contributed by atoms with E-state index < -0.39 is 7.12 Å². The third-order valence-electron chi connectivity index (χ3n) is 5.03. The Morgan fingerprint density at radius 2 is 1.29 bits per heavy atom. The number of benzene rings is 4. The van der Waals surface area contributed by atoms with Gasteiger partial charge in [-0.15, -0.1) is 0 Å². The molecule has 0 spiro atoms. The maximum atomic E-state index is 11.4. The van der Waals surface area contributed by atoms with Crippen LogP contribution in [0.5, 0.6) is 0 Å². The summed E-state index contributed by atoms with van der Waals surface area (Å²) in [6.45, 7) is 6.37. The summed E-state index contributed by atoms with van der Waals surface area (Å²) in [6.07, 6.45) is 0.345. The maximum Gasteiger partial charge on any atom is 0.488 e. The Hall–Kier alpha value is -3.15. The number of fused-ring (bicyclic) bond motifs is 2. The highest BCUT2D eigenvalue weighted by molar-refractivity contribution is 6.58. The van der Waals surface area contributed by atoms with Crippen molar-refractivity contribution in [2.24, 2.45) is 0 Å². The molecule has 4 aromatic carbocycles. The molecule has 0 unspecified atom stereocenters. The van der Waals surface area contributed by atoms with Crippen LogP contribution in [0.2, 0.25) is 0 Å². The molecule has 0 amide bonds. The normalized spacial score (nSPS) is 10.5. The summed E-state index contributed by atoms with van der Waals surface area (Å²) in [5, 5.41) is 22.5. The number of hydrogen-bond donors (Lipinski definition) is 2. The van der Waals surface area contributed by atoms with E-state index in [1.807, 2.05) is 44.2 Å². The van der Waals surface area contributed by atoms with Crippen molar-refractivity contribution in [2.75, 3.05) is 6.61 Å². The van der Waals surface area contributed by atoms with Crippen molar-refractivity contribution in [3.05, 3.63) is 89.5 Å². The van der Waals surface area contributed by atoms with Crippen molar-refractivity contribution in [3.8, 4) is 0 Å². The number of aryl methyl sites for hydroxylation is 2. The molecule has 0 bridgehead atoms. The van der Waals surface area contributed by atoms with Gasteiger partial charge in [0.15, 0.2) is 0 Å². The monoisotopic (exact) mass is 414 g/mol. The van der Waals surface area contributed by atoms with E-state index in [9.17, 15) is 4.79 Å². The Labute approximate surface area is 183 Å². The summed E-state index contributed by atoms with van der Waals surface area (Å²) in [7, 11) is -1.39. The van der Waals surface area contributed by atoms with Crippen molar-refractivity contribution in [3.63, 3.8) is 0 Å². The molecule has 0 aliphatic rings. The van der Waals surface area contributed by atoms with Gasteiger partial charge in [-0.05, 0) is 53.3 Å². The van der Waals surface area contributed by atoms with Gasteiger partial charge in [0, 0.05) is 0 Å². The van der Waals surface area contributed by atoms with E-state index in [2.05, 4.69) is 37.3 Å². The van der Waals surface area contributed by atoms with Gasteiger partial charge in [-0.1, -0.05) is 83.9 Å². The third kappa shape index (κ3) is 6.17. The molecule has 4 nitrogen and oxygen atoms in total. The van der Waals surface area contributed by atoms with Crippen LogP contribution in [0.4, 0.5) is 0 Å². The van der Waals surface area contributed by atoms with E-state index in [0.717, 1.165) is 21.7 Å². The van der Waals surface area contributed by atoms with Gasteiger partial charge >= 0.3 is 13.1 Å². The minimum Gasteiger partial charge on any atom is -0.466 e. The Morgan fingerprint density at radius 1 is 0.774 bits per heavy atom. The van der Waals surface area contributed by atoms with Crippen LogP contribution in [0.25, 0.3) is 21.5 Å². The Bertz CT molecular complexity index is 1200. The molecule has 0 aromatic heterocycles. The van der Waals surface area contributed by atoms with Gasteiger partial charge in [0.1, 0.15) is 0 Å². The number of carbonyl (C=O) groups excluding carboxylic acids is 1. The molecule has 0 saturated carbocycles. The maximum absolute atomic E-state index is 11.4. The van der Waals surface area contributed by atoms with Crippen LogP contribution in [0, 0.1) is 13.8 Å². The van der Waals surface area contributed by atoms with E-state index >= 15 is 0 Å². The number of ether oxygens (including phenoxy) is 1. The standard InChI is InChI=1S/C15H16O2.C11H11BO2/c1-3-17-15(16)10-12-5-7-13-8-11(2)4-6-14(13)9-12;1-8-2-3-10-7-11(12(13)14)5-4-9(10)6-8/h4-9H,3,10H2,1-2H3;2-7,13-14H,1H3. The molecular weight excluding hydrogens is 387 g/mol. The number of rotatable bonds is 4. The fourth-order valence-electron chi connectivity index (χ4n) is 3.45. The average Bonchev–Trinajstić information content (AvgIpc) is 2.74. The lowest BCUT2D eigenvalue weighted by Gasteiger charge is -2.04. The zero-order valence-corrected chi connectivity index (χ0v) is 18.1. The van der Waals surface area contributed by atoms with Crippen molar-refractivity contribution in [1.29, 1.82) is 0 Å². The number of carbonyl (C=O) groups is 1. The molecule has 31 heavy (non-hydrogen) atoms. The second-order valence-electron chi connectivity index (χ2n) is 7.65. The first-order valence-corrected chi connectivity index (χ1v) is 10.4. The predicted octanol–water partition coefficient (Wildman–Crippen LogP) is 4.08. The fraction of sp³-hybridized carbons (Fsp3) is 0.192. The third-order valence-corrected chi connectivity index (χ3v) is 5.03. The van der Waals surface area contributed by atoms with Crippen LogP contribution >= 0.6 is 0 Å². The SMILES string of the molecule is CCOC(=O)Cc1ccc2cc(C)ccc2c1.Cc1ccc2cc(B(O)O)ccc2c1. The first kappa shape index (κ1) is 22.5. The van der Waals surface area contributed by atoms with Crippen molar-refractivity contribution < 1.29 is 19.6 Å². The summed E-state index contributed by atoms with van der Waals surface area (Å²) < 4.78 is 4.94. The Balaban J connectivity index is 0.000000179. The van der Waals surface area contributed by atoms with E-state index in [1.54, 1.807) is 12.1 Å². The highest BCUT2D eigenvalue weighted by atomic mass is 16.5. The van der Waals surface area contributed by atoms with Gasteiger partial charge < -0.3 is 14.8 Å². The van der Waals surface area contributed by atoms with Gasteiger partial charge in [0.05, 0.1) is 13.0 Å². The van der Waals surface area contributed by atoms with Crippen LogP contribution in [0.15, 0.2) is 72.8 Å². The molecule has 0 heterocycles. The zero-order chi connectivity index (χ0) is 22.4. The van der Waals surface area contributed by atoms with Crippen LogP contribution in [-0.4, -0.2) is 29.7 Å². The lowest BCUT2D eigenvalue weighted by Crippen LogP contribution is -2.29. The molecular formula is C26H27BO4. The second-order valence-corrected chi connectivity index (χ2v) is 7.65. The predicted molar refractivity (Wildman–Crippen MR) is 128 cm³/mol. The van der Waals surface area contributed by atoms with Crippen LogP contribution in [-0.2, 0) is 16.0 Å². The molecule has 0 fully saturated rings. The summed E-state index contributed by atoms with van der Waals surface area (Å²) >= 11 is 0. The summed E-state index contributed by atoms with van der Waals surface area (Å²) in [5.74, 6) is -0.168. The first-order valence-electron chi connectivity index (χ1n) is 10.4. The largest absolute Gasteiger partial charge is 0.488 e. The summed E-state index contributed by atoms with van der Waals surface area (Å²) in [5.41, 5.74) is 3.98. The number of esters is 1. The molecule has 5 heteroatoms. The average molecular weight is 414 g/mol. The van der Waals surface area contributed by atoms with E-state index in [-0.39, 0.29) is 5.97 Å². The topological polar surface area (TPSA) is 66.8 Å². The lowest BCUT2D eigenvalue weighted by molar-refractivity contribution is -0.142. The smallest absolute Gasteiger partial charge is 0.466 e. The molecule has 2 N–H and O–H groups in total. The Morgan fingerprint density at radius 3 is 1.87 bits per heavy atom. The van der Waals surface area contributed by atoms with Crippen molar-refractivity contribution in [2.45, 2.75) is 27.2 Å². The van der Waals surface area contributed by atoms with Crippen LogP contribution < -0.4 is 5.46 Å². The van der Waals surface area contributed by atoms with E-state index in [0.29, 0.717) is 18.5 Å². The molecule has 158 valence electrons. The molecule has 0 radical (unpaired) electrons. The molecule has 0 atom stereocenters. The van der Waals surface area contributed by atoms with Crippen molar-refractivity contribution >= 4 is 40.1 Å². The highest BCUT2D eigenvalue weighted by Crippen LogP contribution is 2.18. The summed E-state index contributed by atoms with van der Waals surface area (Å²) in [4.78, 5) is 11.4. The molecule has 4 rings (SSSR count). The molecule has 0 saturated heterocycles. The Kier molecular flexibility index (Phi) is 7.45. The van der Waals surface area contributed by atoms with Gasteiger partial charge in [-0.3, -0.25) is 4.79 Å². The van der Waals surface area contributed by atoms with Gasteiger partial charge in [-0.25, -0.2) is 0 Å². The van der Waals surface area contributed by atoms with E-state index in [4.69, 9.17) is 14.8 Å². The fourth-order valence-corrected chi connectivity index (χ4v) is 3.45. The van der Waals surface area contributed by atoms with Crippen LogP contribution in [0.1, 0.15) is 23.6 Å². The molecule has 0 aliphatic carbocycles. The first-order chi connectivity index (χ1) is 14.9. The quantitative estimate of drug-likeness (QED) is 0.390. The van der Waals surface area contributed by atoms with Crippen LogP contribution in [0.3, 0.4) is 0 Å². The second kappa shape index (κ2) is 10.2. The lowest BCUT2D eigenvalue weighted by atomic mass is 9.79. The highest BCUT2D eigenvalue weighted by Gasteiger charge is 2.10. The van der Waals surface area contributed by atoms with Gasteiger partial charge in [-0.2, -0.15) is 0 Å². The summed E-state index contributed by atoms with van der Waals surface area (Å²) in [6, 6.07) is 23.9. The van der Waals surface area contributed by atoms with Gasteiger partial charge in [0.2, 0.25) is 0 Å². The minimum atomic E-state index is -1.39. The zero-order valence-electron chi connectivity index (χ0n) is 18.1.